The Bertz CT molecular complexity index is 449. The molecule has 0 radical (unpaired) electrons. The molecule has 0 amide bonds. The van der Waals surface area contributed by atoms with Gasteiger partial charge in [-0.25, -0.2) is 8.42 Å². The molecule has 0 N–H and O–H groups in total. The first-order chi connectivity index (χ1) is 7.64. The van der Waals surface area contributed by atoms with Crippen LogP contribution in [0.4, 0.5) is 0 Å². The van der Waals surface area contributed by atoms with Crippen molar-refractivity contribution >= 4 is 26.0 Å². The fraction of sp³-hybridized carbons (Fsp3) is 0.500. The van der Waals surface area contributed by atoms with Crippen LogP contribution in [0.2, 0.25) is 0 Å². The lowest BCUT2D eigenvalue weighted by Gasteiger charge is -2.15. The van der Waals surface area contributed by atoms with Crippen molar-refractivity contribution in [1.29, 1.82) is 0 Å². The van der Waals surface area contributed by atoms with Crippen LogP contribution in [0.5, 0.6) is 0 Å². The average Bonchev–Trinajstić information content (AvgIpc) is 2.79. The molecule has 1 atom stereocenters. The third-order valence-electron chi connectivity index (χ3n) is 2.74. The lowest BCUT2D eigenvalue weighted by molar-refractivity contribution is 0.465. The van der Waals surface area contributed by atoms with E-state index in [4.69, 9.17) is 0 Å². The first kappa shape index (κ1) is 12.0. The van der Waals surface area contributed by atoms with Crippen LogP contribution in [-0.2, 0) is 10.0 Å². The van der Waals surface area contributed by atoms with Gasteiger partial charge < -0.3 is 0 Å². The molecule has 0 aromatic carbocycles. The second-order valence-corrected chi connectivity index (χ2v) is 6.45. The van der Waals surface area contributed by atoms with Crippen molar-refractivity contribution in [2.24, 2.45) is 5.92 Å². The normalized spacial score (nSPS) is 22.4. The fourth-order valence-electron chi connectivity index (χ4n) is 1.79. The quantitative estimate of drug-likeness (QED) is 0.795. The Labute approximate surface area is 104 Å². The number of pyridine rings is 1. The smallest absolute Gasteiger partial charge is 0.244 e. The van der Waals surface area contributed by atoms with Gasteiger partial charge in [0.2, 0.25) is 10.0 Å². The summed E-state index contributed by atoms with van der Waals surface area (Å²) < 4.78 is 25.9. The van der Waals surface area contributed by atoms with Crippen LogP contribution in [0.3, 0.4) is 0 Å². The van der Waals surface area contributed by atoms with E-state index in [0.29, 0.717) is 19.0 Å². The summed E-state index contributed by atoms with van der Waals surface area (Å²) in [5.41, 5.74) is 0. The molecule has 2 rings (SSSR count). The SMILES string of the molecule is O=S(=O)(c1cccnc1)N1CCC(CBr)C1. The summed E-state index contributed by atoms with van der Waals surface area (Å²) in [6.07, 6.45) is 3.89. The fourth-order valence-corrected chi connectivity index (χ4v) is 3.81. The molecule has 6 heteroatoms. The van der Waals surface area contributed by atoms with Crippen molar-refractivity contribution in [3.63, 3.8) is 0 Å². The molecule has 0 saturated carbocycles. The predicted molar refractivity (Wildman–Crippen MR) is 64.9 cm³/mol. The number of alkyl halides is 1. The lowest BCUT2D eigenvalue weighted by atomic mass is 10.2. The van der Waals surface area contributed by atoms with Crippen LogP contribution in [0.15, 0.2) is 29.4 Å². The molecule has 1 aliphatic rings. The summed E-state index contributed by atoms with van der Waals surface area (Å²) in [5.74, 6) is 0.423. The van der Waals surface area contributed by atoms with Crippen molar-refractivity contribution < 1.29 is 8.42 Å². The van der Waals surface area contributed by atoms with E-state index < -0.39 is 10.0 Å². The van der Waals surface area contributed by atoms with E-state index in [0.717, 1.165) is 11.8 Å². The van der Waals surface area contributed by atoms with Gasteiger partial charge in [0, 0.05) is 30.8 Å². The van der Waals surface area contributed by atoms with Gasteiger partial charge in [-0.1, -0.05) is 15.9 Å². The summed E-state index contributed by atoms with van der Waals surface area (Å²) >= 11 is 3.39. The molecular weight excluding hydrogens is 292 g/mol. The van der Waals surface area contributed by atoms with Gasteiger partial charge in [0.25, 0.3) is 0 Å². The minimum Gasteiger partial charge on any atom is -0.263 e. The first-order valence-corrected chi connectivity index (χ1v) is 7.67. The Morgan fingerprint density at radius 2 is 2.38 bits per heavy atom. The van der Waals surface area contributed by atoms with E-state index in [-0.39, 0.29) is 4.90 Å². The maximum atomic E-state index is 12.2. The van der Waals surface area contributed by atoms with Crippen molar-refractivity contribution in [2.75, 3.05) is 18.4 Å². The average molecular weight is 305 g/mol. The Balaban J connectivity index is 2.21. The van der Waals surface area contributed by atoms with Crippen LogP contribution in [0, 0.1) is 5.92 Å². The number of aromatic nitrogens is 1. The Hall–Kier alpha value is -0.460. The molecule has 0 bridgehead atoms. The van der Waals surface area contributed by atoms with E-state index in [2.05, 4.69) is 20.9 Å². The highest BCUT2D eigenvalue weighted by molar-refractivity contribution is 9.09. The van der Waals surface area contributed by atoms with Gasteiger partial charge in [-0.2, -0.15) is 4.31 Å². The van der Waals surface area contributed by atoms with Crippen LogP contribution >= 0.6 is 15.9 Å². The third kappa shape index (κ3) is 2.28. The van der Waals surface area contributed by atoms with Gasteiger partial charge >= 0.3 is 0 Å². The highest BCUT2D eigenvalue weighted by atomic mass is 79.9. The highest BCUT2D eigenvalue weighted by Gasteiger charge is 2.31. The van der Waals surface area contributed by atoms with Gasteiger partial charge in [0.05, 0.1) is 0 Å². The first-order valence-electron chi connectivity index (χ1n) is 5.10. The monoisotopic (exact) mass is 304 g/mol. The number of hydrogen-bond donors (Lipinski definition) is 0. The van der Waals surface area contributed by atoms with E-state index in [1.807, 2.05) is 0 Å². The van der Waals surface area contributed by atoms with Crippen molar-refractivity contribution in [3.8, 4) is 0 Å². The molecule has 88 valence electrons. The zero-order chi connectivity index (χ0) is 11.6. The number of hydrogen-bond acceptors (Lipinski definition) is 3. The molecule has 1 fully saturated rings. The van der Waals surface area contributed by atoms with Crippen molar-refractivity contribution in [3.05, 3.63) is 24.5 Å². The van der Waals surface area contributed by atoms with E-state index in [1.54, 1.807) is 18.3 Å². The molecule has 1 unspecified atom stereocenters. The Morgan fingerprint density at radius 3 is 2.94 bits per heavy atom. The molecule has 1 aliphatic heterocycles. The zero-order valence-corrected chi connectivity index (χ0v) is 11.1. The van der Waals surface area contributed by atoms with E-state index in [1.165, 1.54) is 10.5 Å². The number of sulfonamides is 1. The molecule has 16 heavy (non-hydrogen) atoms. The summed E-state index contributed by atoms with van der Waals surface area (Å²) in [5, 5.41) is 0.853. The summed E-state index contributed by atoms with van der Waals surface area (Å²) in [7, 11) is -3.33. The van der Waals surface area contributed by atoms with E-state index in [9.17, 15) is 8.42 Å². The van der Waals surface area contributed by atoms with Crippen LogP contribution in [-0.4, -0.2) is 36.1 Å². The minimum atomic E-state index is -3.33. The standard InChI is InChI=1S/C10H13BrN2O2S/c11-6-9-3-5-13(8-9)16(14,15)10-2-1-4-12-7-10/h1-2,4,7,9H,3,5-6,8H2. The maximum absolute atomic E-state index is 12.2. The number of halogens is 1. The third-order valence-corrected chi connectivity index (χ3v) is 5.50. The molecule has 0 spiro atoms. The topological polar surface area (TPSA) is 50.3 Å². The number of rotatable bonds is 3. The van der Waals surface area contributed by atoms with Crippen molar-refractivity contribution in [1.82, 2.24) is 9.29 Å². The van der Waals surface area contributed by atoms with Crippen LogP contribution < -0.4 is 0 Å². The molecule has 2 heterocycles. The van der Waals surface area contributed by atoms with Crippen LogP contribution in [0.25, 0.3) is 0 Å². The van der Waals surface area contributed by atoms with E-state index >= 15 is 0 Å². The second-order valence-electron chi connectivity index (χ2n) is 3.86. The molecule has 1 aromatic rings. The maximum Gasteiger partial charge on any atom is 0.244 e. The predicted octanol–water partition coefficient (Wildman–Crippen LogP) is 1.49. The zero-order valence-electron chi connectivity index (χ0n) is 8.71. The molecule has 1 aromatic heterocycles. The summed E-state index contributed by atoms with van der Waals surface area (Å²) in [6.45, 7) is 1.20. The summed E-state index contributed by atoms with van der Waals surface area (Å²) in [6, 6.07) is 3.23. The molecule has 1 saturated heterocycles. The van der Waals surface area contributed by atoms with Gasteiger partial charge in [0.15, 0.2) is 0 Å². The Kier molecular flexibility index (Phi) is 3.61. The second kappa shape index (κ2) is 4.81. The largest absolute Gasteiger partial charge is 0.263 e. The van der Waals surface area contributed by atoms with Crippen LogP contribution in [0.1, 0.15) is 6.42 Å². The lowest BCUT2D eigenvalue weighted by Crippen LogP contribution is -2.29. The van der Waals surface area contributed by atoms with Crippen molar-refractivity contribution in [2.45, 2.75) is 11.3 Å². The summed E-state index contributed by atoms with van der Waals surface area (Å²) in [4.78, 5) is 4.13. The highest BCUT2D eigenvalue weighted by Crippen LogP contribution is 2.24. The molecular formula is C10H13BrN2O2S. The Morgan fingerprint density at radius 1 is 1.56 bits per heavy atom. The molecule has 0 aliphatic carbocycles. The van der Waals surface area contributed by atoms with Gasteiger partial charge in [-0.3, -0.25) is 4.98 Å². The minimum absolute atomic E-state index is 0.283. The van der Waals surface area contributed by atoms with Gasteiger partial charge in [-0.05, 0) is 24.5 Å². The molecule has 4 nitrogen and oxygen atoms in total. The van der Waals surface area contributed by atoms with Gasteiger partial charge in [-0.15, -0.1) is 0 Å². The number of nitrogens with zero attached hydrogens (tertiary/aromatic N) is 2. The van der Waals surface area contributed by atoms with Gasteiger partial charge in [0.1, 0.15) is 4.90 Å².